The van der Waals surface area contributed by atoms with Gasteiger partial charge in [-0.3, -0.25) is 13.9 Å². The van der Waals surface area contributed by atoms with Crippen LogP contribution in [0.5, 0.6) is 0 Å². The lowest BCUT2D eigenvalue weighted by Crippen LogP contribution is -2.46. The largest absolute Gasteiger partial charge is 0.465 e. The number of piperidine rings is 1. The highest BCUT2D eigenvalue weighted by Crippen LogP contribution is 2.33. The highest BCUT2D eigenvalue weighted by Gasteiger charge is 2.28. The molecule has 0 saturated carbocycles. The van der Waals surface area contributed by atoms with Crippen LogP contribution < -0.4 is 11.2 Å². The van der Waals surface area contributed by atoms with Gasteiger partial charge >= 0.3 is 11.8 Å². The Hall–Kier alpha value is -3.87. The maximum atomic E-state index is 14.5. The molecule has 0 unspecified atom stereocenters. The van der Waals surface area contributed by atoms with Crippen molar-refractivity contribution in [3.8, 4) is 10.4 Å². The zero-order chi connectivity index (χ0) is 24.7. The van der Waals surface area contributed by atoms with Gasteiger partial charge in [-0.25, -0.2) is 14.0 Å². The van der Waals surface area contributed by atoms with Crippen molar-refractivity contribution in [3.05, 3.63) is 62.8 Å². The lowest BCUT2D eigenvalue weighted by atomic mass is 10.1. The zero-order valence-electron chi connectivity index (χ0n) is 18.8. The molecule has 5 rings (SSSR count). The third-order valence-electron chi connectivity index (χ3n) is 6.17. The minimum absolute atomic E-state index is 0.0168. The van der Waals surface area contributed by atoms with Crippen molar-refractivity contribution in [3.63, 3.8) is 0 Å². The number of thiophene rings is 1. The molecule has 11 nitrogen and oxygen atoms in total. The monoisotopic (exact) mass is 499 g/mol. The molecule has 0 spiro atoms. The number of aryl methyl sites for hydroxylation is 1. The Morgan fingerprint density at radius 3 is 2.63 bits per heavy atom. The van der Waals surface area contributed by atoms with Gasteiger partial charge < -0.3 is 10.0 Å². The summed E-state index contributed by atoms with van der Waals surface area (Å²) in [5.74, 6) is -0.123. The van der Waals surface area contributed by atoms with Crippen LogP contribution in [0.3, 0.4) is 0 Å². The lowest BCUT2D eigenvalue weighted by molar-refractivity contribution is 0.124. The van der Waals surface area contributed by atoms with Gasteiger partial charge in [0.25, 0.3) is 5.56 Å². The van der Waals surface area contributed by atoms with Gasteiger partial charge in [-0.2, -0.15) is 4.80 Å². The van der Waals surface area contributed by atoms with Crippen molar-refractivity contribution in [2.75, 3.05) is 13.1 Å². The van der Waals surface area contributed by atoms with Gasteiger partial charge in [0, 0.05) is 29.6 Å². The predicted octanol–water partition coefficient (Wildman–Crippen LogP) is 2.40. The Balaban J connectivity index is 1.67. The summed E-state index contributed by atoms with van der Waals surface area (Å²) in [6.45, 7) is 2.80. The van der Waals surface area contributed by atoms with Gasteiger partial charge in [0.1, 0.15) is 10.5 Å². The van der Waals surface area contributed by atoms with Crippen LogP contribution in [0.4, 0.5) is 9.18 Å². The van der Waals surface area contributed by atoms with Gasteiger partial charge in [0.15, 0.2) is 5.82 Å². The third kappa shape index (κ3) is 4.11. The molecule has 0 atom stereocenters. The van der Waals surface area contributed by atoms with Gasteiger partial charge in [-0.1, -0.05) is 18.2 Å². The minimum Gasteiger partial charge on any atom is -0.465 e. The maximum Gasteiger partial charge on any atom is 0.407 e. The van der Waals surface area contributed by atoms with Crippen molar-refractivity contribution in [2.24, 2.45) is 0 Å². The Bertz CT molecular complexity index is 1530. The number of likely N-dealkylation sites (tertiary alicyclic amines) is 1. The predicted molar refractivity (Wildman–Crippen MR) is 126 cm³/mol. The molecule has 13 heteroatoms. The van der Waals surface area contributed by atoms with Crippen molar-refractivity contribution >= 4 is 27.6 Å². The van der Waals surface area contributed by atoms with E-state index < -0.39 is 29.2 Å². The van der Waals surface area contributed by atoms with Crippen LogP contribution in [0.25, 0.3) is 20.7 Å². The molecule has 35 heavy (non-hydrogen) atoms. The number of halogens is 1. The van der Waals surface area contributed by atoms with Crippen LogP contribution in [0, 0.1) is 5.82 Å². The summed E-state index contributed by atoms with van der Waals surface area (Å²) in [4.78, 5) is 41.7. The van der Waals surface area contributed by atoms with Gasteiger partial charge in [-0.15, -0.1) is 21.5 Å². The first-order valence-electron chi connectivity index (χ1n) is 11.2. The SMILES string of the molecule is CCn1nnc(Cn2c(=O)n(C3CCN(C(=O)O)CC3)c(=O)c3sc(-c4ccccc4F)cc32)n1. The van der Waals surface area contributed by atoms with Crippen molar-refractivity contribution in [2.45, 2.75) is 38.9 Å². The fourth-order valence-electron chi connectivity index (χ4n) is 4.36. The number of amides is 1. The second kappa shape index (κ2) is 9.06. The highest BCUT2D eigenvalue weighted by atomic mass is 32.1. The van der Waals surface area contributed by atoms with E-state index in [0.29, 0.717) is 45.9 Å². The molecule has 1 amide bonds. The first-order chi connectivity index (χ1) is 16.9. The minimum atomic E-state index is -1.03. The van der Waals surface area contributed by atoms with Crippen LogP contribution >= 0.6 is 11.3 Å². The average molecular weight is 500 g/mol. The number of nitrogens with zero attached hydrogens (tertiary/aromatic N) is 7. The molecule has 4 heterocycles. The number of rotatable bonds is 5. The number of tetrazole rings is 1. The van der Waals surface area contributed by atoms with Crippen molar-refractivity contribution < 1.29 is 14.3 Å². The Morgan fingerprint density at radius 2 is 1.97 bits per heavy atom. The molecule has 1 aromatic carbocycles. The Morgan fingerprint density at radius 1 is 1.23 bits per heavy atom. The maximum absolute atomic E-state index is 14.5. The molecule has 0 radical (unpaired) electrons. The molecule has 1 aliphatic rings. The molecular formula is C22H22FN7O4S. The molecular weight excluding hydrogens is 477 g/mol. The molecule has 1 fully saturated rings. The molecule has 1 N–H and O–H groups in total. The summed E-state index contributed by atoms with van der Waals surface area (Å²) in [5.41, 5.74) is -0.298. The number of carbonyl (C=O) groups is 1. The van der Waals surface area contributed by atoms with Crippen LogP contribution in [-0.2, 0) is 13.1 Å². The van der Waals surface area contributed by atoms with E-state index in [1.807, 2.05) is 6.92 Å². The van der Waals surface area contributed by atoms with E-state index >= 15 is 0 Å². The molecule has 0 bridgehead atoms. The highest BCUT2D eigenvalue weighted by molar-refractivity contribution is 7.22. The Labute approximate surface area is 201 Å². The van der Waals surface area contributed by atoms with Gasteiger partial charge in [-0.05, 0) is 37.1 Å². The van der Waals surface area contributed by atoms with E-state index in [2.05, 4.69) is 15.4 Å². The quantitative estimate of drug-likeness (QED) is 0.447. The number of carboxylic acid groups (broad SMARTS) is 1. The van der Waals surface area contributed by atoms with E-state index in [9.17, 15) is 23.9 Å². The lowest BCUT2D eigenvalue weighted by Gasteiger charge is -2.30. The molecule has 3 aromatic heterocycles. The summed E-state index contributed by atoms with van der Waals surface area (Å²) < 4.78 is 17.4. The average Bonchev–Trinajstić information content (AvgIpc) is 3.50. The number of hydrogen-bond donors (Lipinski definition) is 1. The topological polar surface area (TPSA) is 128 Å². The molecule has 4 aromatic rings. The van der Waals surface area contributed by atoms with E-state index in [-0.39, 0.29) is 19.6 Å². The zero-order valence-corrected chi connectivity index (χ0v) is 19.6. The fourth-order valence-corrected chi connectivity index (χ4v) is 5.49. The van der Waals surface area contributed by atoms with Crippen LogP contribution in [0.2, 0.25) is 0 Å². The smallest absolute Gasteiger partial charge is 0.407 e. The summed E-state index contributed by atoms with van der Waals surface area (Å²) in [6.07, 6.45) is -0.354. The number of benzene rings is 1. The normalized spacial score (nSPS) is 14.6. The number of aromatic nitrogens is 6. The number of hydrogen-bond acceptors (Lipinski definition) is 7. The first kappa shape index (κ1) is 22.9. The summed E-state index contributed by atoms with van der Waals surface area (Å²) >= 11 is 1.12. The summed E-state index contributed by atoms with van der Waals surface area (Å²) in [6, 6.07) is 7.44. The number of fused-ring (bicyclic) bond motifs is 1. The van der Waals surface area contributed by atoms with Crippen LogP contribution in [-0.4, -0.2) is 58.5 Å². The molecule has 0 aliphatic carbocycles. The second-order valence-electron chi connectivity index (χ2n) is 8.24. The van der Waals surface area contributed by atoms with Crippen molar-refractivity contribution in [1.82, 2.24) is 34.2 Å². The van der Waals surface area contributed by atoms with Crippen LogP contribution in [0.15, 0.2) is 39.9 Å². The van der Waals surface area contributed by atoms with Gasteiger partial charge in [0.05, 0.1) is 18.6 Å². The van der Waals surface area contributed by atoms with E-state index in [0.717, 1.165) is 11.3 Å². The van der Waals surface area contributed by atoms with Crippen molar-refractivity contribution in [1.29, 1.82) is 0 Å². The van der Waals surface area contributed by atoms with E-state index in [1.54, 1.807) is 24.3 Å². The summed E-state index contributed by atoms with van der Waals surface area (Å²) in [7, 11) is 0. The molecule has 182 valence electrons. The van der Waals surface area contributed by atoms with Crippen LogP contribution in [0.1, 0.15) is 31.6 Å². The second-order valence-corrected chi connectivity index (χ2v) is 9.30. The molecule has 1 aliphatic heterocycles. The third-order valence-corrected chi connectivity index (χ3v) is 7.31. The van der Waals surface area contributed by atoms with E-state index in [4.69, 9.17) is 0 Å². The Kier molecular flexibility index (Phi) is 5.93. The molecule has 1 saturated heterocycles. The first-order valence-corrected chi connectivity index (χ1v) is 12.0. The summed E-state index contributed by atoms with van der Waals surface area (Å²) in [5, 5.41) is 21.5. The standard InChI is InChI=1S/C22H22FN7O4S/c1-2-29-25-18(24-26-29)12-28-16-11-17(14-5-3-4-6-15(14)23)35-19(16)20(31)30(21(28)32)13-7-9-27(10-8-13)22(33)34/h3-6,11,13H,2,7-10,12H2,1H3,(H,33,34). The fraction of sp³-hybridized carbons (Fsp3) is 0.364. The van der Waals surface area contributed by atoms with E-state index in [1.165, 1.54) is 24.9 Å². The van der Waals surface area contributed by atoms with Gasteiger partial charge in [0.2, 0.25) is 0 Å².